The number of fused-ring (bicyclic) bond motifs is 1. The van der Waals surface area contributed by atoms with Crippen LogP contribution < -0.4 is 0 Å². The molecule has 0 aliphatic carbocycles. The second-order valence-corrected chi connectivity index (χ2v) is 6.58. The fourth-order valence-electron chi connectivity index (χ4n) is 3.38. The monoisotopic (exact) mass is 349 g/mol. The minimum atomic E-state index is -0.0181. The first kappa shape index (κ1) is 17.3. The Morgan fingerprint density at radius 2 is 2.04 bits per heavy atom. The van der Waals surface area contributed by atoms with E-state index in [-0.39, 0.29) is 11.8 Å². The van der Waals surface area contributed by atoms with Crippen molar-refractivity contribution in [3.05, 3.63) is 35.6 Å². The number of carbonyl (C=O) groups is 1. The van der Waals surface area contributed by atoms with Crippen LogP contribution in [0.3, 0.4) is 0 Å². The van der Waals surface area contributed by atoms with Crippen LogP contribution in [-0.4, -0.2) is 36.4 Å². The third kappa shape index (κ3) is 3.76. The summed E-state index contributed by atoms with van der Waals surface area (Å²) in [6.07, 6.45) is 2.81. The topological polar surface area (TPSA) is 42.7 Å². The fraction of sp³-hybridized carbons (Fsp3) is 0.526. The van der Waals surface area contributed by atoms with E-state index < -0.39 is 0 Å². The third-order valence-electron chi connectivity index (χ3n) is 4.74. The molecule has 1 fully saturated rings. The van der Waals surface area contributed by atoms with Crippen molar-refractivity contribution < 1.29 is 13.9 Å². The third-order valence-corrected chi connectivity index (χ3v) is 4.97. The summed E-state index contributed by atoms with van der Waals surface area (Å²) in [5.74, 6) is 1.43. The van der Waals surface area contributed by atoms with Gasteiger partial charge in [0.05, 0.1) is 0 Å². The molecule has 0 spiro atoms. The molecule has 1 aromatic carbocycles. The van der Waals surface area contributed by atoms with Crippen LogP contribution in [0.15, 0.2) is 28.7 Å². The highest BCUT2D eigenvalue weighted by atomic mass is 35.5. The van der Waals surface area contributed by atoms with Gasteiger partial charge < -0.3 is 14.1 Å². The minimum absolute atomic E-state index is 0.0143. The number of benzene rings is 1. The average Bonchev–Trinajstić information content (AvgIpc) is 2.99. The molecule has 1 aromatic heterocycles. The van der Waals surface area contributed by atoms with Crippen molar-refractivity contribution in [2.75, 3.05) is 25.6 Å². The summed E-state index contributed by atoms with van der Waals surface area (Å²) in [7, 11) is 0. The smallest absolute Gasteiger partial charge is 0.237 e. The first-order chi connectivity index (χ1) is 11.7. The van der Waals surface area contributed by atoms with E-state index in [2.05, 4.69) is 13.0 Å². The molecule has 24 heavy (non-hydrogen) atoms. The van der Waals surface area contributed by atoms with E-state index in [1.165, 1.54) is 0 Å². The molecule has 0 saturated carbocycles. The van der Waals surface area contributed by atoms with Gasteiger partial charge in [-0.1, -0.05) is 25.1 Å². The van der Waals surface area contributed by atoms with E-state index in [9.17, 15) is 4.79 Å². The normalized spacial score (nSPS) is 15.8. The zero-order valence-electron chi connectivity index (χ0n) is 14.1. The summed E-state index contributed by atoms with van der Waals surface area (Å²) < 4.78 is 11.4. The van der Waals surface area contributed by atoms with Crippen LogP contribution in [0.5, 0.6) is 0 Å². The lowest BCUT2D eigenvalue weighted by Crippen LogP contribution is -2.37. The van der Waals surface area contributed by atoms with E-state index in [0.717, 1.165) is 61.3 Å². The summed E-state index contributed by atoms with van der Waals surface area (Å²) in [5, 5.41) is 1.09. The number of nitrogens with zero attached hydrogens (tertiary/aromatic N) is 1. The highest BCUT2D eigenvalue weighted by molar-refractivity contribution is 6.27. The molecule has 1 amide bonds. The Labute approximate surface area is 147 Å². The molecular formula is C19H24ClNO3. The van der Waals surface area contributed by atoms with Gasteiger partial charge in [-0.3, -0.25) is 4.79 Å². The highest BCUT2D eigenvalue weighted by Crippen LogP contribution is 2.28. The largest absolute Gasteiger partial charge is 0.461 e. The second-order valence-electron chi connectivity index (χ2n) is 6.32. The highest BCUT2D eigenvalue weighted by Gasteiger charge is 2.23. The molecule has 4 nitrogen and oxygen atoms in total. The molecule has 130 valence electrons. The number of halogens is 1. The van der Waals surface area contributed by atoms with E-state index in [1.54, 1.807) is 0 Å². The Bertz CT molecular complexity index is 691. The van der Waals surface area contributed by atoms with Gasteiger partial charge >= 0.3 is 0 Å². The van der Waals surface area contributed by atoms with Gasteiger partial charge in [0, 0.05) is 43.7 Å². The first-order valence-corrected chi connectivity index (χ1v) is 9.17. The lowest BCUT2D eigenvalue weighted by Gasteiger charge is -2.29. The number of hydrogen-bond donors (Lipinski definition) is 0. The summed E-state index contributed by atoms with van der Waals surface area (Å²) in [5.41, 5.74) is 1.99. The Balaban J connectivity index is 1.85. The Kier molecular flexibility index (Phi) is 5.80. The Morgan fingerprint density at radius 3 is 2.75 bits per heavy atom. The average molecular weight is 350 g/mol. The number of para-hydroxylation sites is 1. The number of hydrogen-bond acceptors (Lipinski definition) is 3. The molecule has 1 saturated heterocycles. The van der Waals surface area contributed by atoms with E-state index in [1.807, 2.05) is 23.1 Å². The number of amides is 1. The van der Waals surface area contributed by atoms with E-state index >= 15 is 0 Å². The molecule has 0 bridgehead atoms. The van der Waals surface area contributed by atoms with Crippen LogP contribution in [0.25, 0.3) is 11.0 Å². The van der Waals surface area contributed by atoms with E-state index in [4.69, 9.17) is 20.8 Å². The minimum Gasteiger partial charge on any atom is -0.461 e. The first-order valence-electron chi connectivity index (χ1n) is 8.63. The molecule has 1 aliphatic rings. The zero-order valence-corrected chi connectivity index (χ0v) is 14.8. The summed E-state index contributed by atoms with van der Waals surface area (Å²) in [4.78, 5) is 14.3. The van der Waals surface area contributed by atoms with E-state index in [0.29, 0.717) is 12.5 Å². The van der Waals surface area contributed by atoms with Crippen molar-refractivity contribution in [2.45, 2.75) is 32.7 Å². The van der Waals surface area contributed by atoms with Crippen LogP contribution in [0.4, 0.5) is 0 Å². The molecule has 0 atom stereocenters. The molecule has 2 aromatic rings. The van der Waals surface area contributed by atoms with Crippen molar-refractivity contribution in [2.24, 2.45) is 5.92 Å². The molecule has 1 aliphatic heterocycles. The molecule has 2 heterocycles. The summed E-state index contributed by atoms with van der Waals surface area (Å²) in [6, 6.07) is 8.01. The second kappa shape index (κ2) is 8.04. The van der Waals surface area contributed by atoms with Gasteiger partial charge in [-0.2, -0.15) is 0 Å². The molecule has 5 heteroatoms. The predicted octanol–water partition coefficient (Wildman–Crippen LogP) is 3.99. The van der Waals surface area contributed by atoms with Crippen molar-refractivity contribution in [1.82, 2.24) is 4.90 Å². The standard InChI is InChI=1S/C19H24ClNO3/c1-2-17-16(15-5-3-4-6-18(15)24-17)13-21(19(22)11-20)12-14-7-9-23-10-8-14/h3-6,14H,2,7-13H2,1H3. The number of rotatable bonds is 6. The molecule has 0 unspecified atom stereocenters. The van der Waals surface area contributed by atoms with Gasteiger partial charge in [0.2, 0.25) is 5.91 Å². The Hall–Kier alpha value is -1.52. The van der Waals surface area contributed by atoms with Crippen LogP contribution in [0.2, 0.25) is 0 Å². The molecule has 0 N–H and O–H groups in total. The van der Waals surface area contributed by atoms with Gasteiger partial charge in [0.25, 0.3) is 0 Å². The van der Waals surface area contributed by atoms with Crippen molar-refractivity contribution >= 4 is 28.5 Å². The number of ether oxygens (including phenoxy) is 1. The number of alkyl halides is 1. The maximum absolute atomic E-state index is 12.4. The molecule has 0 radical (unpaired) electrons. The zero-order chi connectivity index (χ0) is 16.9. The molecule has 3 rings (SSSR count). The fourth-order valence-corrected chi connectivity index (χ4v) is 3.55. The van der Waals surface area contributed by atoms with Gasteiger partial charge in [-0.05, 0) is 24.8 Å². The van der Waals surface area contributed by atoms with Crippen molar-refractivity contribution in [1.29, 1.82) is 0 Å². The summed E-state index contributed by atoms with van der Waals surface area (Å²) in [6.45, 7) is 4.93. The maximum atomic E-state index is 12.4. The van der Waals surface area contributed by atoms with Crippen LogP contribution in [-0.2, 0) is 22.5 Å². The number of aryl methyl sites for hydroxylation is 1. The van der Waals surface area contributed by atoms with Crippen LogP contribution in [0, 0.1) is 5.92 Å². The maximum Gasteiger partial charge on any atom is 0.237 e. The lowest BCUT2D eigenvalue weighted by molar-refractivity contribution is -0.130. The molecular weight excluding hydrogens is 326 g/mol. The van der Waals surface area contributed by atoms with Gasteiger partial charge in [-0.25, -0.2) is 0 Å². The van der Waals surface area contributed by atoms with Crippen molar-refractivity contribution in [3.63, 3.8) is 0 Å². The number of furan rings is 1. The van der Waals surface area contributed by atoms with Gasteiger partial charge in [0.1, 0.15) is 17.2 Å². The lowest BCUT2D eigenvalue weighted by atomic mass is 9.99. The van der Waals surface area contributed by atoms with Gasteiger partial charge in [0.15, 0.2) is 0 Å². The van der Waals surface area contributed by atoms with Crippen LogP contribution in [0.1, 0.15) is 31.1 Å². The van der Waals surface area contributed by atoms with Crippen molar-refractivity contribution in [3.8, 4) is 0 Å². The van der Waals surface area contributed by atoms with Gasteiger partial charge in [-0.15, -0.1) is 11.6 Å². The van der Waals surface area contributed by atoms with Crippen LogP contribution >= 0.6 is 11.6 Å². The predicted molar refractivity (Wildman–Crippen MR) is 95.3 cm³/mol. The SMILES string of the molecule is CCc1oc2ccccc2c1CN(CC1CCOCC1)C(=O)CCl. The summed E-state index contributed by atoms with van der Waals surface area (Å²) >= 11 is 5.86. The number of carbonyl (C=O) groups excluding carboxylic acids is 1. The Morgan fingerprint density at radius 1 is 1.29 bits per heavy atom. The quantitative estimate of drug-likeness (QED) is 0.740.